The van der Waals surface area contributed by atoms with Crippen LogP contribution in [0, 0.1) is 23.7 Å². The van der Waals surface area contributed by atoms with Crippen LogP contribution in [0.15, 0.2) is 53.6 Å². The Kier molecular flexibility index (Phi) is 6.91. The van der Waals surface area contributed by atoms with Gasteiger partial charge in [-0.2, -0.15) is 18.3 Å². The Balaban J connectivity index is 1.29. The van der Waals surface area contributed by atoms with Gasteiger partial charge >= 0.3 is 12.1 Å². The van der Waals surface area contributed by atoms with Gasteiger partial charge in [0.2, 0.25) is 0 Å². The SMILES string of the molecule is C[C@@H]1C(C(F)(F)F)=NN(c2ccc(CC3C4CCC3CN(c3cccc(CO)c3)C4)cc2)[C@H]1CC(=O)O. The lowest BCUT2D eigenvalue weighted by atomic mass is 9.80. The fourth-order valence-electron chi connectivity index (χ4n) is 6.47. The second-order valence-electron chi connectivity index (χ2n) is 10.6. The minimum atomic E-state index is -4.60. The number of hydrogen-bond acceptors (Lipinski definition) is 5. The van der Waals surface area contributed by atoms with E-state index in [4.69, 9.17) is 0 Å². The van der Waals surface area contributed by atoms with Crippen LogP contribution in [-0.4, -0.2) is 47.2 Å². The van der Waals surface area contributed by atoms with E-state index < -0.39 is 36.2 Å². The van der Waals surface area contributed by atoms with Gasteiger partial charge < -0.3 is 15.1 Å². The molecule has 2 N–H and O–H groups in total. The number of aliphatic hydroxyl groups excluding tert-OH is 1. The molecule has 5 rings (SSSR count). The molecule has 4 atom stereocenters. The van der Waals surface area contributed by atoms with Gasteiger partial charge in [-0.25, -0.2) is 0 Å². The molecule has 2 bridgehead atoms. The van der Waals surface area contributed by atoms with E-state index in [2.05, 4.69) is 22.1 Å². The number of aliphatic hydroxyl groups is 1. The maximum absolute atomic E-state index is 13.5. The van der Waals surface area contributed by atoms with Crippen LogP contribution in [0.3, 0.4) is 0 Å². The lowest BCUT2D eigenvalue weighted by Gasteiger charge is -2.39. The van der Waals surface area contributed by atoms with E-state index in [0.717, 1.165) is 36.3 Å². The second-order valence-corrected chi connectivity index (χ2v) is 10.6. The third-order valence-electron chi connectivity index (χ3n) is 8.37. The van der Waals surface area contributed by atoms with Crippen LogP contribution in [0.25, 0.3) is 0 Å². The summed E-state index contributed by atoms with van der Waals surface area (Å²) >= 11 is 0. The molecule has 2 unspecified atom stereocenters. The zero-order chi connectivity index (χ0) is 26.3. The van der Waals surface area contributed by atoms with Crippen LogP contribution >= 0.6 is 0 Å². The molecule has 2 aliphatic heterocycles. The molecule has 9 heteroatoms. The minimum absolute atomic E-state index is 0.0311. The molecular formula is C28H32F3N3O3. The van der Waals surface area contributed by atoms with Crippen molar-refractivity contribution in [3.05, 3.63) is 59.7 Å². The highest BCUT2D eigenvalue weighted by Crippen LogP contribution is 2.45. The van der Waals surface area contributed by atoms with Crippen molar-refractivity contribution >= 4 is 23.1 Å². The number of fused-ring (bicyclic) bond motifs is 2. The number of hydrogen-bond donors (Lipinski definition) is 2. The molecular weight excluding hydrogens is 483 g/mol. The molecule has 1 saturated heterocycles. The number of piperidine rings is 1. The van der Waals surface area contributed by atoms with Crippen molar-refractivity contribution in [2.24, 2.45) is 28.8 Å². The second kappa shape index (κ2) is 10.0. The monoisotopic (exact) mass is 515 g/mol. The number of halogens is 3. The third-order valence-corrected chi connectivity index (χ3v) is 8.37. The van der Waals surface area contributed by atoms with E-state index in [9.17, 15) is 28.2 Å². The Morgan fingerprint density at radius 1 is 1.03 bits per heavy atom. The van der Waals surface area contributed by atoms with E-state index in [1.54, 1.807) is 12.1 Å². The minimum Gasteiger partial charge on any atom is -0.481 e. The van der Waals surface area contributed by atoms with Crippen LogP contribution in [0.5, 0.6) is 0 Å². The van der Waals surface area contributed by atoms with Gasteiger partial charge in [0, 0.05) is 24.7 Å². The number of anilines is 2. The summed E-state index contributed by atoms with van der Waals surface area (Å²) in [6, 6.07) is 14.6. The van der Waals surface area contributed by atoms with Gasteiger partial charge in [0.05, 0.1) is 24.8 Å². The zero-order valence-electron chi connectivity index (χ0n) is 20.7. The zero-order valence-corrected chi connectivity index (χ0v) is 20.7. The van der Waals surface area contributed by atoms with Gasteiger partial charge in [0.1, 0.15) is 5.71 Å². The van der Waals surface area contributed by atoms with Crippen LogP contribution in [0.1, 0.15) is 37.3 Å². The lowest BCUT2D eigenvalue weighted by molar-refractivity contribution is -0.137. The maximum atomic E-state index is 13.5. The molecule has 2 heterocycles. The third kappa shape index (κ3) is 5.19. The Morgan fingerprint density at radius 2 is 1.70 bits per heavy atom. The molecule has 3 aliphatic rings. The Labute approximate surface area is 214 Å². The molecule has 2 aromatic rings. The molecule has 2 aromatic carbocycles. The predicted molar refractivity (Wildman–Crippen MR) is 136 cm³/mol. The number of aliphatic carboxylic acids is 1. The summed E-state index contributed by atoms with van der Waals surface area (Å²) in [6.45, 7) is 3.37. The quantitative estimate of drug-likeness (QED) is 0.537. The first kappa shape index (κ1) is 25.6. The number of carboxylic acids is 1. The number of hydrazone groups is 1. The molecule has 0 aromatic heterocycles. The van der Waals surface area contributed by atoms with Crippen LogP contribution in [0.4, 0.5) is 24.5 Å². The van der Waals surface area contributed by atoms with E-state index in [1.165, 1.54) is 24.8 Å². The average molecular weight is 516 g/mol. The van der Waals surface area contributed by atoms with Crippen LogP contribution in [0.2, 0.25) is 0 Å². The number of benzene rings is 2. The van der Waals surface area contributed by atoms with E-state index in [-0.39, 0.29) is 6.61 Å². The van der Waals surface area contributed by atoms with Crippen molar-refractivity contribution in [3.8, 4) is 0 Å². The van der Waals surface area contributed by atoms with Gasteiger partial charge in [-0.05, 0) is 72.4 Å². The van der Waals surface area contributed by atoms with Crippen LogP contribution < -0.4 is 9.91 Å². The van der Waals surface area contributed by atoms with Gasteiger partial charge in [-0.15, -0.1) is 0 Å². The topological polar surface area (TPSA) is 76.4 Å². The number of nitrogens with zero attached hydrogens (tertiary/aromatic N) is 3. The largest absolute Gasteiger partial charge is 0.481 e. The van der Waals surface area contributed by atoms with Crippen molar-refractivity contribution < 1.29 is 28.2 Å². The fraction of sp³-hybridized carbons (Fsp3) is 0.500. The van der Waals surface area contributed by atoms with Gasteiger partial charge in [0.15, 0.2) is 0 Å². The molecule has 0 spiro atoms. The van der Waals surface area contributed by atoms with Crippen molar-refractivity contribution in [1.82, 2.24) is 0 Å². The highest BCUT2D eigenvalue weighted by atomic mass is 19.4. The average Bonchev–Trinajstić information content (AvgIpc) is 3.29. The summed E-state index contributed by atoms with van der Waals surface area (Å²) in [6.07, 6.45) is -1.75. The van der Waals surface area contributed by atoms with Crippen molar-refractivity contribution in [2.75, 3.05) is 23.0 Å². The fourth-order valence-corrected chi connectivity index (χ4v) is 6.47. The summed E-state index contributed by atoms with van der Waals surface area (Å²) in [4.78, 5) is 13.8. The number of carboxylic acid groups (broad SMARTS) is 1. The lowest BCUT2D eigenvalue weighted by Crippen LogP contribution is -2.42. The van der Waals surface area contributed by atoms with E-state index >= 15 is 0 Å². The van der Waals surface area contributed by atoms with Crippen molar-refractivity contribution in [1.29, 1.82) is 0 Å². The standard InChI is InChI=1S/C28H32F3N3O3/c1-17-25(13-26(36)37)34(32-27(17)28(29,30)31)22-9-5-18(6-10-22)12-24-20-7-8-21(24)15-33(14-20)23-4-2-3-19(11-23)16-35/h2-6,9-11,17,20-21,24-25,35H,7-8,12-16H2,1H3,(H,36,37)/t17-,20?,21?,24?,25-/m0/s1. The van der Waals surface area contributed by atoms with Crippen molar-refractivity contribution in [2.45, 2.75) is 51.4 Å². The molecule has 6 nitrogen and oxygen atoms in total. The van der Waals surface area contributed by atoms with Gasteiger partial charge in [0.25, 0.3) is 0 Å². The normalized spacial score (nSPS) is 27.5. The maximum Gasteiger partial charge on any atom is 0.431 e. The molecule has 37 heavy (non-hydrogen) atoms. The van der Waals surface area contributed by atoms with E-state index in [1.807, 2.05) is 24.3 Å². The van der Waals surface area contributed by atoms with E-state index in [0.29, 0.717) is 23.4 Å². The molecule has 198 valence electrons. The number of carbonyl (C=O) groups is 1. The van der Waals surface area contributed by atoms with Gasteiger partial charge in [-0.1, -0.05) is 31.2 Å². The highest BCUT2D eigenvalue weighted by molar-refractivity contribution is 5.95. The van der Waals surface area contributed by atoms with Gasteiger partial charge in [-0.3, -0.25) is 9.80 Å². The summed E-state index contributed by atoms with van der Waals surface area (Å²) in [5.41, 5.74) is 2.74. The Morgan fingerprint density at radius 3 is 2.30 bits per heavy atom. The Bertz CT molecular complexity index is 1150. The first-order valence-electron chi connectivity index (χ1n) is 12.8. The molecule has 0 amide bonds. The predicted octanol–water partition coefficient (Wildman–Crippen LogP) is 5.10. The molecule has 1 aliphatic carbocycles. The summed E-state index contributed by atoms with van der Waals surface area (Å²) < 4.78 is 40.4. The summed E-state index contributed by atoms with van der Waals surface area (Å²) in [7, 11) is 0. The molecule has 1 saturated carbocycles. The highest BCUT2D eigenvalue weighted by Gasteiger charge is 2.49. The Hall–Kier alpha value is -3.07. The number of alkyl halides is 3. The molecule has 0 radical (unpaired) electrons. The van der Waals surface area contributed by atoms with Crippen LogP contribution in [-0.2, 0) is 17.8 Å². The summed E-state index contributed by atoms with van der Waals surface area (Å²) in [5, 5.41) is 23.8. The first-order chi connectivity index (χ1) is 17.6. The number of rotatable bonds is 7. The summed E-state index contributed by atoms with van der Waals surface area (Å²) in [5.74, 6) is -0.509. The smallest absolute Gasteiger partial charge is 0.431 e. The van der Waals surface area contributed by atoms with Crippen molar-refractivity contribution in [3.63, 3.8) is 0 Å². The molecule has 2 fully saturated rings. The first-order valence-corrected chi connectivity index (χ1v) is 12.8.